The Hall–Kier alpha value is -5.15. The predicted molar refractivity (Wildman–Crippen MR) is 157 cm³/mol. The number of benzene rings is 3. The Labute approximate surface area is 229 Å². The molecule has 40 heavy (non-hydrogen) atoms. The fraction of sp³-hybridized carbons (Fsp3) is 0.129. The van der Waals surface area contributed by atoms with Crippen LogP contribution in [0.5, 0.6) is 0 Å². The number of nitrogen functional groups attached to an aromatic ring is 1. The Balaban J connectivity index is 1.60. The molecule has 0 saturated carbocycles. The predicted octanol–water partition coefficient (Wildman–Crippen LogP) is 4.19. The molecular formula is C31H27N7O2. The number of fused-ring (bicyclic) bond motifs is 2. The van der Waals surface area contributed by atoms with Crippen LogP contribution >= 0.6 is 0 Å². The lowest BCUT2D eigenvalue weighted by molar-refractivity contribution is 0.100. The molecule has 0 amide bonds. The van der Waals surface area contributed by atoms with Gasteiger partial charge in [0.05, 0.1) is 29.5 Å². The van der Waals surface area contributed by atoms with Crippen molar-refractivity contribution in [3.63, 3.8) is 0 Å². The quantitative estimate of drug-likeness (QED) is 0.309. The molecule has 6 rings (SSSR count). The molecule has 0 spiro atoms. The topological polar surface area (TPSA) is 135 Å². The van der Waals surface area contributed by atoms with Gasteiger partial charge >= 0.3 is 0 Å². The molecule has 6 aromatic rings. The van der Waals surface area contributed by atoms with Gasteiger partial charge in [-0.2, -0.15) is 5.10 Å². The number of para-hydroxylation sites is 1. The molecule has 3 heterocycles. The number of ketones is 1. The van der Waals surface area contributed by atoms with Crippen LogP contribution in [0.1, 0.15) is 27.2 Å². The molecule has 3 aromatic carbocycles. The molecule has 0 saturated heterocycles. The van der Waals surface area contributed by atoms with Gasteiger partial charge in [-0.1, -0.05) is 54.6 Å². The van der Waals surface area contributed by atoms with Crippen LogP contribution in [0, 0.1) is 13.8 Å². The highest BCUT2D eigenvalue weighted by Gasteiger charge is 2.21. The smallest absolute Gasteiger partial charge is 0.263 e. The van der Waals surface area contributed by atoms with Crippen molar-refractivity contribution in [2.45, 2.75) is 20.4 Å². The van der Waals surface area contributed by atoms with E-state index >= 15 is 0 Å². The van der Waals surface area contributed by atoms with E-state index in [1.165, 1.54) is 6.33 Å². The number of carbonyl (C=O) groups excluding carboxylic acids is 1. The molecule has 0 bridgehead atoms. The van der Waals surface area contributed by atoms with Crippen molar-refractivity contribution in [3.8, 4) is 16.9 Å². The largest absolute Gasteiger partial charge is 0.383 e. The second-order valence-corrected chi connectivity index (χ2v) is 9.77. The Morgan fingerprint density at radius 1 is 0.900 bits per heavy atom. The maximum atomic E-state index is 14.0. The maximum Gasteiger partial charge on any atom is 0.263 e. The van der Waals surface area contributed by atoms with Crippen molar-refractivity contribution >= 4 is 33.4 Å². The van der Waals surface area contributed by atoms with Gasteiger partial charge in [-0.15, -0.1) is 0 Å². The van der Waals surface area contributed by atoms with Gasteiger partial charge in [-0.05, 0) is 48.6 Å². The third-order valence-corrected chi connectivity index (χ3v) is 7.20. The molecule has 0 radical (unpaired) electrons. The van der Waals surface area contributed by atoms with Crippen LogP contribution < -0.4 is 17.0 Å². The molecule has 0 atom stereocenters. The van der Waals surface area contributed by atoms with Crippen molar-refractivity contribution in [2.24, 2.45) is 5.73 Å². The lowest BCUT2D eigenvalue weighted by Gasteiger charge is -2.17. The van der Waals surface area contributed by atoms with Crippen LogP contribution in [0.15, 0.2) is 83.9 Å². The number of pyridine rings is 1. The Kier molecular flexibility index (Phi) is 6.20. The van der Waals surface area contributed by atoms with Crippen molar-refractivity contribution in [1.82, 2.24) is 24.3 Å². The summed E-state index contributed by atoms with van der Waals surface area (Å²) < 4.78 is 3.48. The number of anilines is 1. The standard InChI is InChI=1S/C31H27N7O2/c1-18-7-3-4-12-24(18)38-23(14-21-10-5-8-19(2)26(21)31(38)40)16-37-30-27(29(33)34-17-35-30)28(36-37)22-11-6-9-20(13-22)25(39)15-32/h3-14,17H,15-16,32H2,1-2H3,(H2,33,34,35). The van der Waals surface area contributed by atoms with E-state index in [9.17, 15) is 9.59 Å². The SMILES string of the molecule is Cc1ccccc1-n1c(Cn2nc(-c3cccc(C(=O)CN)c3)c3c(N)ncnc32)cc2cccc(C)c2c1=O. The molecule has 198 valence electrons. The molecule has 0 aliphatic carbocycles. The zero-order chi connectivity index (χ0) is 28.0. The van der Waals surface area contributed by atoms with Crippen LogP contribution in [0.25, 0.3) is 38.8 Å². The van der Waals surface area contributed by atoms with E-state index in [4.69, 9.17) is 16.6 Å². The number of nitrogens with two attached hydrogens (primary N) is 2. The van der Waals surface area contributed by atoms with E-state index < -0.39 is 0 Å². The number of Topliss-reactive ketones (excluding diaryl/α,β-unsaturated/α-hetero) is 1. The monoisotopic (exact) mass is 529 g/mol. The normalized spacial score (nSPS) is 11.4. The van der Waals surface area contributed by atoms with Crippen LogP contribution in [0.4, 0.5) is 5.82 Å². The van der Waals surface area contributed by atoms with Gasteiger partial charge in [0.2, 0.25) is 0 Å². The minimum absolute atomic E-state index is 0.0955. The summed E-state index contributed by atoms with van der Waals surface area (Å²) in [4.78, 5) is 35.0. The number of hydrogen-bond acceptors (Lipinski definition) is 7. The first-order valence-corrected chi connectivity index (χ1v) is 12.9. The van der Waals surface area contributed by atoms with Crippen molar-refractivity contribution < 1.29 is 4.79 Å². The molecule has 4 N–H and O–H groups in total. The highest BCUT2D eigenvalue weighted by molar-refractivity contribution is 6.01. The fourth-order valence-corrected chi connectivity index (χ4v) is 5.24. The second kappa shape index (κ2) is 9.87. The molecule has 0 fully saturated rings. The number of aromatic nitrogens is 5. The van der Waals surface area contributed by atoms with E-state index in [0.717, 1.165) is 27.9 Å². The minimum atomic E-state index is -0.177. The molecule has 9 heteroatoms. The highest BCUT2D eigenvalue weighted by atomic mass is 16.1. The van der Waals surface area contributed by atoms with Crippen LogP contribution in [0.3, 0.4) is 0 Å². The maximum absolute atomic E-state index is 14.0. The summed E-state index contributed by atoms with van der Waals surface area (Å²) in [5, 5.41) is 7.00. The first-order valence-electron chi connectivity index (χ1n) is 12.9. The van der Waals surface area contributed by atoms with E-state index in [-0.39, 0.29) is 30.2 Å². The van der Waals surface area contributed by atoms with Crippen molar-refractivity contribution in [1.29, 1.82) is 0 Å². The zero-order valence-corrected chi connectivity index (χ0v) is 22.1. The average Bonchev–Trinajstić information content (AvgIpc) is 3.33. The number of rotatable bonds is 6. The van der Waals surface area contributed by atoms with E-state index in [1.807, 2.05) is 68.4 Å². The first kappa shape index (κ1) is 25.1. The molecule has 9 nitrogen and oxygen atoms in total. The summed E-state index contributed by atoms with van der Waals surface area (Å²) in [6, 6.07) is 22.8. The highest BCUT2D eigenvalue weighted by Crippen LogP contribution is 2.31. The van der Waals surface area contributed by atoms with Gasteiger partial charge in [0.15, 0.2) is 11.4 Å². The Morgan fingerprint density at radius 2 is 1.68 bits per heavy atom. The van der Waals surface area contributed by atoms with Gasteiger partial charge in [0.25, 0.3) is 5.56 Å². The van der Waals surface area contributed by atoms with Gasteiger partial charge in [-0.25, -0.2) is 14.6 Å². The van der Waals surface area contributed by atoms with Crippen LogP contribution in [-0.2, 0) is 6.54 Å². The van der Waals surface area contributed by atoms with Gasteiger partial charge < -0.3 is 11.5 Å². The summed E-state index contributed by atoms with van der Waals surface area (Å²) in [6.45, 7) is 4.07. The summed E-state index contributed by atoms with van der Waals surface area (Å²) in [5.41, 5.74) is 17.5. The minimum Gasteiger partial charge on any atom is -0.383 e. The van der Waals surface area contributed by atoms with E-state index in [2.05, 4.69) is 9.97 Å². The molecule has 0 aliphatic heterocycles. The van der Waals surface area contributed by atoms with Crippen LogP contribution in [0.2, 0.25) is 0 Å². The van der Waals surface area contributed by atoms with E-state index in [1.54, 1.807) is 27.4 Å². The summed E-state index contributed by atoms with van der Waals surface area (Å²) in [7, 11) is 0. The molecule has 0 aliphatic rings. The number of nitrogens with zero attached hydrogens (tertiary/aromatic N) is 5. The zero-order valence-electron chi connectivity index (χ0n) is 22.1. The van der Waals surface area contributed by atoms with Gasteiger partial charge in [0, 0.05) is 16.8 Å². The third kappa shape index (κ3) is 4.13. The summed E-state index contributed by atoms with van der Waals surface area (Å²) in [5.74, 6) is 0.0933. The van der Waals surface area contributed by atoms with Gasteiger partial charge in [0.1, 0.15) is 17.8 Å². The number of aryl methyl sites for hydroxylation is 2. The second-order valence-electron chi connectivity index (χ2n) is 9.77. The van der Waals surface area contributed by atoms with Crippen molar-refractivity contribution in [3.05, 3.63) is 112 Å². The third-order valence-electron chi connectivity index (χ3n) is 7.20. The molecule has 0 unspecified atom stereocenters. The number of carbonyl (C=O) groups is 1. The fourth-order valence-electron chi connectivity index (χ4n) is 5.24. The molecular weight excluding hydrogens is 502 g/mol. The average molecular weight is 530 g/mol. The van der Waals surface area contributed by atoms with Crippen LogP contribution in [-0.4, -0.2) is 36.6 Å². The molecule has 3 aromatic heterocycles. The summed E-state index contributed by atoms with van der Waals surface area (Å²) in [6.07, 6.45) is 1.40. The van der Waals surface area contributed by atoms with Gasteiger partial charge in [-0.3, -0.25) is 14.2 Å². The van der Waals surface area contributed by atoms with E-state index in [0.29, 0.717) is 33.2 Å². The first-order chi connectivity index (χ1) is 19.4. The lowest BCUT2D eigenvalue weighted by Crippen LogP contribution is -2.25. The summed E-state index contributed by atoms with van der Waals surface area (Å²) >= 11 is 0. The lowest BCUT2D eigenvalue weighted by atomic mass is 10.0. The Morgan fingerprint density at radius 3 is 2.48 bits per heavy atom. The number of hydrogen-bond donors (Lipinski definition) is 2. The Bertz CT molecular complexity index is 2010. The van der Waals surface area contributed by atoms with Crippen molar-refractivity contribution in [2.75, 3.05) is 12.3 Å².